The first-order chi connectivity index (χ1) is 10.7. The van der Waals surface area contributed by atoms with Crippen LogP contribution in [0.15, 0.2) is 36.7 Å². The van der Waals surface area contributed by atoms with Crippen LogP contribution in [-0.2, 0) is 18.3 Å². The van der Waals surface area contributed by atoms with Crippen LogP contribution in [0.2, 0.25) is 0 Å². The summed E-state index contributed by atoms with van der Waals surface area (Å²) >= 11 is 0. The maximum Gasteiger partial charge on any atom is 0.227 e. The lowest BCUT2D eigenvalue weighted by Crippen LogP contribution is -2.31. The standard InChI is InChI=1S/C17H21N3O2/c1-19-12-14(11-18-19)16-4-3-9-20(16)17(21)10-13-5-7-15(22-2)8-6-13/h5-8,11-12,16H,3-4,9-10H2,1-2H3/t16-/m0/s1. The first-order valence-electron chi connectivity index (χ1n) is 7.58. The van der Waals surface area contributed by atoms with E-state index in [1.54, 1.807) is 11.8 Å². The summed E-state index contributed by atoms with van der Waals surface area (Å²) < 4.78 is 6.94. The summed E-state index contributed by atoms with van der Waals surface area (Å²) in [4.78, 5) is 14.6. The van der Waals surface area contributed by atoms with E-state index >= 15 is 0 Å². The number of benzene rings is 1. The van der Waals surface area contributed by atoms with Crippen LogP contribution in [0.3, 0.4) is 0 Å². The van der Waals surface area contributed by atoms with Gasteiger partial charge in [0.25, 0.3) is 0 Å². The molecule has 0 unspecified atom stereocenters. The lowest BCUT2D eigenvalue weighted by Gasteiger charge is -2.24. The average Bonchev–Trinajstić information content (AvgIpc) is 3.16. The molecule has 0 spiro atoms. The number of nitrogens with zero attached hydrogens (tertiary/aromatic N) is 3. The Labute approximate surface area is 130 Å². The monoisotopic (exact) mass is 299 g/mol. The second-order valence-electron chi connectivity index (χ2n) is 5.72. The van der Waals surface area contributed by atoms with Crippen molar-refractivity contribution < 1.29 is 9.53 Å². The van der Waals surface area contributed by atoms with Crippen molar-refractivity contribution in [2.75, 3.05) is 13.7 Å². The zero-order chi connectivity index (χ0) is 15.5. The minimum Gasteiger partial charge on any atom is -0.497 e. The van der Waals surface area contributed by atoms with Gasteiger partial charge >= 0.3 is 0 Å². The van der Waals surface area contributed by atoms with Gasteiger partial charge in [-0.3, -0.25) is 9.48 Å². The number of likely N-dealkylation sites (tertiary alicyclic amines) is 1. The summed E-state index contributed by atoms with van der Waals surface area (Å²) in [6, 6.07) is 7.85. The molecular weight excluding hydrogens is 278 g/mol. The van der Waals surface area contributed by atoms with Gasteiger partial charge in [0, 0.05) is 25.4 Å². The molecular formula is C17H21N3O2. The summed E-state index contributed by atoms with van der Waals surface area (Å²) in [5, 5.41) is 4.22. The lowest BCUT2D eigenvalue weighted by molar-refractivity contribution is -0.131. The molecule has 0 radical (unpaired) electrons. The number of carbonyl (C=O) groups is 1. The van der Waals surface area contributed by atoms with Crippen LogP contribution < -0.4 is 4.74 Å². The maximum atomic E-state index is 12.6. The van der Waals surface area contributed by atoms with E-state index in [2.05, 4.69) is 5.10 Å². The molecule has 1 atom stereocenters. The van der Waals surface area contributed by atoms with E-state index in [4.69, 9.17) is 4.74 Å². The largest absolute Gasteiger partial charge is 0.497 e. The fraction of sp³-hybridized carbons (Fsp3) is 0.412. The summed E-state index contributed by atoms with van der Waals surface area (Å²) in [6.07, 6.45) is 6.36. The van der Waals surface area contributed by atoms with E-state index < -0.39 is 0 Å². The normalized spacial score (nSPS) is 17.7. The van der Waals surface area contributed by atoms with Crippen LogP contribution in [0.4, 0.5) is 0 Å². The summed E-state index contributed by atoms with van der Waals surface area (Å²) in [5.41, 5.74) is 2.14. The van der Waals surface area contributed by atoms with Crippen LogP contribution >= 0.6 is 0 Å². The molecule has 1 aromatic heterocycles. The fourth-order valence-electron chi connectivity index (χ4n) is 3.04. The van der Waals surface area contributed by atoms with Crippen molar-refractivity contribution in [2.24, 2.45) is 7.05 Å². The zero-order valence-corrected chi connectivity index (χ0v) is 13.0. The first-order valence-corrected chi connectivity index (χ1v) is 7.58. The number of amides is 1. The smallest absolute Gasteiger partial charge is 0.227 e. The second-order valence-corrected chi connectivity index (χ2v) is 5.72. The van der Waals surface area contributed by atoms with Gasteiger partial charge in [-0.25, -0.2) is 0 Å². The second kappa shape index (κ2) is 6.22. The van der Waals surface area contributed by atoms with Crippen molar-refractivity contribution in [3.05, 3.63) is 47.8 Å². The van der Waals surface area contributed by atoms with E-state index in [1.807, 2.05) is 48.6 Å². The van der Waals surface area contributed by atoms with E-state index in [-0.39, 0.29) is 11.9 Å². The zero-order valence-electron chi connectivity index (χ0n) is 13.0. The minimum absolute atomic E-state index is 0.166. The van der Waals surface area contributed by atoms with Crippen molar-refractivity contribution in [1.29, 1.82) is 0 Å². The quantitative estimate of drug-likeness (QED) is 0.870. The van der Waals surface area contributed by atoms with Gasteiger partial charge in [-0.05, 0) is 30.5 Å². The fourth-order valence-corrected chi connectivity index (χ4v) is 3.04. The molecule has 5 heteroatoms. The molecule has 1 aromatic carbocycles. The Bertz CT molecular complexity index is 648. The van der Waals surface area contributed by atoms with E-state index in [0.717, 1.165) is 36.3 Å². The van der Waals surface area contributed by atoms with Crippen molar-refractivity contribution in [1.82, 2.24) is 14.7 Å². The van der Waals surface area contributed by atoms with E-state index in [0.29, 0.717) is 6.42 Å². The highest BCUT2D eigenvalue weighted by atomic mass is 16.5. The van der Waals surface area contributed by atoms with E-state index in [1.165, 1.54) is 0 Å². The van der Waals surface area contributed by atoms with Crippen LogP contribution in [-0.4, -0.2) is 34.2 Å². The SMILES string of the molecule is COc1ccc(CC(=O)N2CCC[C@H]2c2cnn(C)c2)cc1. The third-order valence-electron chi connectivity index (χ3n) is 4.20. The number of rotatable bonds is 4. The third kappa shape index (κ3) is 2.98. The van der Waals surface area contributed by atoms with Crippen LogP contribution in [0.5, 0.6) is 5.75 Å². The average molecular weight is 299 g/mol. The van der Waals surface area contributed by atoms with Gasteiger partial charge in [0.05, 0.1) is 25.8 Å². The highest BCUT2D eigenvalue weighted by molar-refractivity contribution is 5.79. The van der Waals surface area contributed by atoms with Gasteiger partial charge in [0.15, 0.2) is 0 Å². The van der Waals surface area contributed by atoms with Gasteiger partial charge < -0.3 is 9.64 Å². The Hall–Kier alpha value is -2.30. The van der Waals surface area contributed by atoms with E-state index in [9.17, 15) is 4.79 Å². The Balaban J connectivity index is 1.70. The number of hydrogen-bond donors (Lipinski definition) is 0. The van der Waals surface area contributed by atoms with Crippen molar-refractivity contribution in [3.63, 3.8) is 0 Å². The molecule has 116 valence electrons. The van der Waals surface area contributed by atoms with Gasteiger partial charge in [0.2, 0.25) is 5.91 Å². The van der Waals surface area contributed by atoms with Crippen molar-refractivity contribution >= 4 is 5.91 Å². The van der Waals surface area contributed by atoms with Crippen LogP contribution in [0, 0.1) is 0 Å². The molecule has 1 saturated heterocycles. The Morgan fingerprint density at radius 2 is 2.14 bits per heavy atom. The Morgan fingerprint density at radius 1 is 1.36 bits per heavy atom. The minimum atomic E-state index is 0.166. The van der Waals surface area contributed by atoms with Gasteiger partial charge in [-0.15, -0.1) is 0 Å². The topological polar surface area (TPSA) is 47.4 Å². The predicted molar refractivity (Wildman–Crippen MR) is 83.6 cm³/mol. The molecule has 1 fully saturated rings. The van der Waals surface area contributed by atoms with Crippen LogP contribution in [0.1, 0.15) is 30.0 Å². The molecule has 22 heavy (non-hydrogen) atoms. The number of methoxy groups -OCH3 is 1. The van der Waals surface area contributed by atoms with Gasteiger partial charge in [0.1, 0.15) is 5.75 Å². The van der Waals surface area contributed by atoms with Crippen molar-refractivity contribution in [2.45, 2.75) is 25.3 Å². The lowest BCUT2D eigenvalue weighted by atomic mass is 10.1. The molecule has 2 heterocycles. The number of aromatic nitrogens is 2. The first kappa shape index (κ1) is 14.6. The highest BCUT2D eigenvalue weighted by Gasteiger charge is 2.30. The number of hydrogen-bond acceptors (Lipinski definition) is 3. The molecule has 1 amide bonds. The molecule has 1 aliphatic heterocycles. The molecule has 3 rings (SSSR count). The molecule has 5 nitrogen and oxygen atoms in total. The summed E-state index contributed by atoms with van der Waals surface area (Å²) in [6.45, 7) is 0.828. The van der Waals surface area contributed by atoms with Gasteiger partial charge in [-0.2, -0.15) is 5.10 Å². The van der Waals surface area contributed by atoms with Crippen LogP contribution in [0.25, 0.3) is 0 Å². The summed E-state index contributed by atoms with van der Waals surface area (Å²) in [5.74, 6) is 0.988. The molecule has 2 aromatic rings. The summed E-state index contributed by atoms with van der Waals surface area (Å²) in [7, 11) is 3.55. The number of ether oxygens (including phenoxy) is 1. The molecule has 0 bridgehead atoms. The Morgan fingerprint density at radius 3 is 2.77 bits per heavy atom. The maximum absolute atomic E-state index is 12.6. The predicted octanol–water partition coefficient (Wildman–Crippen LogP) is 2.33. The molecule has 1 aliphatic rings. The third-order valence-corrected chi connectivity index (χ3v) is 4.20. The number of aryl methyl sites for hydroxylation is 1. The molecule has 0 saturated carbocycles. The molecule has 0 N–H and O–H groups in total. The molecule has 0 aliphatic carbocycles. The van der Waals surface area contributed by atoms with Gasteiger partial charge in [-0.1, -0.05) is 12.1 Å². The highest BCUT2D eigenvalue weighted by Crippen LogP contribution is 2.32. The van der Waals surface area contributed by atoms with Crippen molar-refractivity contribution in [3.8, 4) is 5.75 Å². The number of carbonyl (C=O) groups excluding carboxylic acids is 1. The Kier molecular flexibility index (Phi) is 4.13.